The number of benzene rings is 1. The molecule has 2 rings (SSSR count). The number of primary amides is 1. The van der Waals surface area contributed by atoms with Gasteiger partial charge >= 0.3 is 6.18 Å². The first-order chi connectivity index (χ1) is 15.6. The molecule has 0 unspecified atom stereocenters. The van der Waals surface area contributed by atoms with Crippen molar-refractivity contribution in [3.05, 3.63) is 23.8 Å². The van der Waals surface area contributed by atoms with Crippen LogP contribution in [0.3, 0.4) is 0 Å². The molecule has 1 fully saturated rings. The average Bonchev–Trinajstić information content (AvgIpc) is 2.65. The molecule has 0 aromatic heterocycles. The van der Waals surface area contributed by atoms with Crippen LogP contribution in [0.1, 0.15) is 32.8 Å². The molecule has 0 aliphatic carbocycles. The van der Waals surface area contributed by atoms with Gasteiger partial charge in [-0.25, -0.2) is 8.78 Å². The predicted molar refractivity (Wildman–Crippen MR) is 113 cm³/mol. The van der Waals surface area contributed by atoms with Crippen molar-refractivity contribution in [3.8, 4) is 0 Å². The summed E-state index contributed by atoms with van der Waals surface area (Å²) in [7, 11) is 0. The van der Waals surface area contributed by atoms with Gasteiger partial charge in [-0.05, 0) is 23.6 Å². The summed E-state index contributed by atoms with van der Waals surface area (Å²) in [5.41, 5.74) is 3.67. The molecule has 1 aromatic rings. The maximum absolute atomic E-state index is 13.7. The Bertz CT molecular complexity index is 901. The third-order valence-electron chi connectivity index (χ3n) is 4.75. The number of carbonyl (C=O) groups excluding carboxylic acids is 3. The third-order valence-corrected chi connectivity index (χ3v) is 4.75. The highest BCUT2D eigenvalue weighted by Crippen LogP contribution is 2.33. The molecule has 1 atom stereocenters. The van der Waals surface area contributed by atoms with Crippen molar-refractivity contribution >= 4 is 29.1 Å². The van der Waals surface area contributed by atoms with Gasteiger partial charge in [0.1, 0.15) is 6.61 Å². The van der Waals surface area contributed by atoms with E-state index in [1.165, 1.54) is 12.1 Å². The summed E-state index contributed by atoms with van der Waals surface area (Å²) in [4.78, 5) is 38.6. The summed E-state index contributed by atoms with van der Waals surface area (Å²) in [6.07, 6.45) is -7.76. The predicted octanol–water partition coefficient (Wildman–Crippen LogP) is 2.69. The van der Waals surface area contributed by atoms with Crippen molar-refractivity contribution in [2.24, 2.45) is 11.1 Å². The van der Waals surface area contributed by atoms with Crippen molar-refractivity contribution in [1.29, 1.82) is 0 Å². The van der Waals surface area contributed by atoms with E-state index in [1.54, 1.807) is 20.8 Å². The number of hydrogen-bond acceptors (Lipinski definition) is 5. The van der Waals surface area contributed by atoms with E-state index in [4.69, 9.17) is 10.5 Å². The fourth-order valence-electron chi connectivity index (χ4n) is 3.59. The molecule has 1 aliphatic rings. The normalized spacial score (nSPS) is 16.2. The number of nitrogens with zero attached hydrogens (tertiary/aromatic N) is 2. The number of anilines is 2. The second-order valence-electron chi connectivity index (χ2n) is 9.05. The van der Waals surface area contributed by atoms with Gasteiger partial charge in [0.05, 0.1) is 18.8 Å². The molecule has 13 heteroatoms. The van der Waals surface area contributed by atoms with Crippen LogP contribution in [-0.4, -0.2) is 67.7 Å². The number of hydrogen-bond donors (Lipinski definition) is 2. The second kappa shape index (κ2) is 10.6. The van der Waals surface area contributed by atoms with Gasteiger partial charge in [-0.1, -0.05) is 20.8 Å². The molecule has 8 nitrogen and oxygen atoms in total. The maximum Gasteiger partial charge on any atom is 0.401 e. The van der Waals surface area contributed by atoms with E-state index in [1.807, 2.05) is 0 Å². The molecular formula is C21H27F5N4O4. The molecule has 1 aliphatic heterocycles. The number of ether oxygens (including phenoxy) is 1. The topological polar surface area (TPSA) is 105 Å². The zero-order valence-electron chi connectivity index (χ0n) is 18.9. The Morgan fingerprint density at radius 2 is 1.85 bits per heavy atom. The fraction of sp³-hybridized carbons (Fsp3) is 0.571. The number of nitrogens with one attached hydrogen (secondary N) is 1. The number of morpholine rings is 1. The zero-order chi connectivity index (χ0) is 25.8. The SMILES string of the molecule is CC(C)(C)CN(CC(F)(F)F)[C@H](C(N)=O)C(=O)Nc1ccc(N2CCOCC2=O)c(C(F)F)c1. The number of alkyl halides is 5. The van der Waals surface area contributed by atoms with Crippen LogP contribution in [-0.2, 0) is 19.1 Å². The Morgan fingerprint density at radius 3 is 2.35 bits per heavy atom. The molecule has 1 heterocycles. The van der Waals surface area contributed by atoms with E-state index in [-0.39, 0.29) is 37.7 Å². The lowest BCUT2D eigenvalue weighted by Crippen LogP contribution is -2.56. The van der Waals surface area contributed by atoms with E-state index in [0.717, 1.165) is 11.0 Å². The summed E-state index contributed by atoms with van der Waals surface area (Å²) in [6, 6.07) is 1.28. The maximum atomic E-state index is 13.7. The van der Waals surface area contributed by atoms with Gasteiger partial charge in [-0.15, -0.1) is 0 Å². The first kappa shape index (κ1) is 27.4. The standard InChI is InChI=1S/C21H27F5N4O4/c1-20(2,3)10-29(11-21(24,25)26)16(18(27)32)19(33)28-12-4-5-14(13(8-12)17(22)23)30-6-7-34-9-15(30)31/h4-5,8,16-17H,6-7,9-11H2,1-3H3,(H2,27,32)(H,28,33)/t16-/m1/s1. The monoisotopic (exact) mass is 494 g/mol. The van der Waals surface area contributed by atoms with Gasteiger partial charge in [-0.3, -0.25) is 19.3 Å². The molecule has 3 N–H and O–H groups in total. The minimum atomic E-state index is -4.73. The van der Waals surface area contributed by atoms with Crippen LogP contribution in [0.4, 0.5) is 33.3 Å². The zero-order valence-corrected chi connectivity index (χ0v) is 18.9. The first-order valence-electron chi connectivity index (χ1n) is 10.3. The third kappa shape index (κ3) is 7.62. The van der Waals surface area contributed by atoms with Crippen molar-refractivity contribution in [3.63, 3.8) is 0 Å². The molecule has 1 saturated heterocycles. The Balaban J connectivity index is 2.35. The Hall–Kier alpha value is -2.80. The summed E-state index contributed by atoms with van der Waals surface area (Å²) < 4.78 is 71.9. The highest BCUT2D eigenvalue weighted by molar-refractivity contribution is 6.09. The smallest absolute Gasteiger partial charge is 0.370 e. The lowest BCUT2D eigenvalue weighted by Gasteiger charge is -2.34. The molecule has 34 heavy (non-hydrogen) atoms. The van der Waals surface area contributed by atoms with Gasteiger partial charge in [0.25, 0.3) is 18.2 Å². The Labute approximate surface area is 193 Å². The largest absolute Gasteiger partial charge is 0.401 e. The van der Waals surface area contributed by atoms with Gasteiger partial charge in [-0.2, -0.15) is 13.2 Å². The summed E-state index contributed by atoms with van der Waals surface area (Å²) in [5, 5.41) is 2.20. The molecule has 0 bridgehead atoms. The van der Waals surface area contributed by atoms with Gasteiger partial charge in [0.15, 0.2) is 6.04 Å². The minimum absolute atomic E-state index is 0.0488. The molecule has 0 saturated carbocycles. The molecule has 0 spiro atoms. The fourth-order valence-corrected chi connectivity index (χ4v) is 3.59. The second-order valence-corrected chi connectivity index (χ2v) is 9.05. The molecule has 190 valence electrons. The quantitative estimate of drug-likeness (QED) is 0.427. The van der Waals surface area contributed by atoms with Gasteiger partial charge in [0, 0.05) is 24.3 Å². The summed E-state index contributed by atoms with van der Waals surface area (Å²) in [6.45, 7) is 2.90. The number of halogens is 5. The van der Waals surface area contributed by atoms with Crippen molar-refractivity contribution in [2.75, 3.05) is 43.1 Å². The van der Waals surface area contributed by atoms with E-state index in [2.05, 4.69) is 5.32 Å². The van der Waals surface area contributed by atoms with E-state index >= 15 is 0 Å². The molecule has 3 amide bonds. The van der Waals surface area contributed by atoms with E-state index in [0.29, 0.717) is 4.90 Å². The van der Waals surface area contributed by atoms with Crippen LogP contribution >= 0.6 is 0 Å². The van der Waals surface area contributed by atoms with Crippen LogP contribution in [0.25, 0.3) is 0 Å². The van der Waals surface area contributed by atoms with Crippen LogP contribution in [0.15, 0.2) is 18.2 Å². The van der Waals surface area contributed by atoms with E-state index in [9.17, 15) is 36.3 Å². The van der Waals surface area contributed by atoms with Gasteiger partial charge in [0.2, 0.25) is 5.91 Å². The molecular weight excluding hydrogens is 467 g/mol. The van der Waals surface area contributed by atoms with E-state index < -0.39 is 53.9 Å². The molecule has 1 aromatic carbocycles. The lowest BCUT2D eigenvalue weighted by atomic mass is 9.95. The van der Waals surface area contributed by atoms with Crippen molar-refractivity contribution < 1.29 is 41.1 Å². The summed E-state index contributed by atoms with van der Waals surface area (Å²) in [5.74, 6) is -3.05. The highest BCUT2D eigenvalue weighted by Gasteiger charge is 2.41. The highest BCUT2D eigenvalue weighted by atomic mass is 19.4. The first-order valence-corrected chi connectivity index (χ1v) is 10.3. The van der Waals surface area contributed by atoms with Gasteiger partial charge < -0.3 is 20.7 Å². The Kier molecular flexibility index (Phi) is 8.59. The molecule has 0 radical (unpaired) electrons. The number of rotatable bonds is 8. The number of nitrogens with two attached hydrogens (primary N) is 1. The summed E-state index contributed by atoms with van der Waals surface area (Å²) >= 11 is 0. The lowest BCUT2D eigenvalue weighted by molar-refractivity contribution is -0.159. The van der Waals surface area contributed by atoms with Crippen molar-refractivity contribution in [1.82, 2.24) is 4.90 Å². The van der Waals surface area contributed by atoms with Crippen LogP contribution in [0.5, 0.6) is 0 Å². The Morgan fingerprint density at radius 1 is 1.21 bits per heavy atom. The van der Waals surface area contributed by atoms with Crippen LogP contribution in [0.2, 0.25) is 0 Å². The minimum Gasteiger partial charge on any atom is -0.370 e. The van der Waals surface area contributed by atoms with Crippen LogP contribution in [0, 0.1) is 5.41 Å². The average molecular weight is 494 g/mol. The van der Waals surface area contributed by atoms with Crippen LogP contribution < -0.4 is 16.0 Å². The number of carbonyl (C=O) groups is 3. The number of amides is 3. The van der Waals surface area contributed by atoms with Crippen molar-refractivity contribution in [2.45, 2.75) is 39.4 Å².